The summed E-state index contributed by atoms with van der Waals surface area (Å²) in [5.41, 5.74) is 2.54. The summed E-state index contributed by atoms with van der Waals surface area (Å²) < 4.78 is 8.21. The van der Waals surface area contributed by atoms with Gasteiger partial charge in [0.05, 0.1) is 7.11 Å². The molecule has 2 aromatic rings. The zero-order valence-corrected chi connectivity index (χ0v) is 12.1. The van der Waals surface area contributed by atoms with Crippen LogP contribution in [0.25, 0.3) is 0 Å². The van der Waals surface area contributed by atoms with Crippen molar-refractivity contribution in [2.24, 2.45) is 0 Å². The van der Waals surface area contributed by atoms with E-state index in [9.17, 15) is 0 Å². The highest BCUT2D eigenvalue weighted by Crippen LogP contribution is 2.13. The number of hydrogen-bond donors (Lipinski definition) is 0. The second-order valence-corrected chi connectivity index (χ2v) is 4.99. The fraction of sp³-hybridized carbons (Fsp3) is 0.308. The van der Waals surface area contributed by atoms with Gasteiger partial charge in [0.2, 0.25) is 0 Å². The molecule has 0 unspecified atom stereocenters. The van der Waals surface area contributed by atoms with Gasteiger partial charge in [0.15, 0.2) is 0 Å². The number of ether oxygens (including phenoxy) is 1. The first-order valence-corrected chi connectivity index (χ1v) is 6.59. The van der Waals surface area contributed by atoms with Gasteiger partial charge in [0.25, 0.3) is 0 Å². The molecule has 2 rings (SSSR count). The predicted molar refractivity (Wildman–Crippen MR) is 76.4 cm³/mol. The minimum atomic E-state index is 0.901. The van der Waals surface area contributed by atoms with Crippen molar-refractivity contribution in [2.75, 3.05) is 7.11 Å². The molecule has 1 aromatic carbocycles. The summed E-state index contributed by atoms with van der Waals surface area (Å²) in [6.07, 6.45) is 3.08. The SMILES string of the molecule is COc1ccc(CCn2cc(C)c(I)n2)cc1. The molecule has 0 amide bonds. The van der Waals surface area contributed by atoms with E-state index in [4.69, 9.17) is 4.74 Å². The highest BCUT2D eigenvalue weighted by atomic mass is 127. The van der Waals surface area contributed by atoms with Gasteiger partial charge in [0.1, 0.15) is 9.45 Å². The van der Waals surface area contributed by atoms with Crippen LogP contribution in [0.1, 0.15) is 11.1 Å². The van der Waals surface area contributed by atoms with Crippen molar-refractivity contribution < 1.29 is 4.74 Å². The van der Waals surface area contributed by atoms with E-state index in [0.717, 1.165) is 22.4 Å². The first kappa shape index (κ1) is 12.4. The molecule has 0 spiro atoms. The van der Waals surface area contributed by atoms with Crippen LogP contribution in [0, 0.1) is 10.6 Å². The van der Waals surface area contributed by atoms with Crippen LogP contribution in [-0.4, -0.2) is 16.9 Å². The Balaban J connectivity index is 1.97. The third kappa shape index (κ3) is 3.21. The lowest BCUT2D eigenvalue weighted by Crippen LogP contribution is -2.02. The Morgan fingerprint density at radius 1 is 1.29 bits per heavy atom. The average Bonchev–Trinajstić information content (AvgIpc) is 2.67. The van der Waals surface area contributed by atoms with E-state index in [-0.39, 0.29) is 0 Å². The molecule has 0 aliphatic heterocycles. The second-order valence-electron chi connectivity index (χ2n) is 3.96. The fourth-order valence-electron chi connectivity index (χ4n) is 1.65. The third-order valence-electron chi connectivity index (χ3n) is 2.67. The van der Waals surface area contributed by atoms with Crippen molar-refractivity contribution in [3.63, 3.8) is 0 Å². The van der Waals surface area contributed by atoms with E-state index in [1.54, 1.807) is 7.11 Å². The van der Waals surface area contributed by atoms with Gasteiger partial charge >= 0.3 is 0 Å². The Morgan fingerprint density at radius 3 is 2.53 bits per heavy atom. The van der Waals surface area contributed by atoms with E-state index in [1.165, 1.54) is 11.1 Å². The van der Waals surface area contributed by atoms with Crippen molar-refractivity contribution >= 4 is 22.6 Å². The molecule has 1 aromatic heterocycles. The van der Waals surface area contributed by atoms with E-state index in [0.29, 0.717) is 0 Å². The van der Waals surface area contributed by atoms with Crippen molar-refractivity contribution in [1.82, 2.24) is 9.78 Å². The highest BCUT2D eigenvalue weighted by molar-refractivity contribution is 14.1. The molecule has 0 saturated heterocycles. The molecular weight excluding hydrogens is 327 g/mol. The molecule has 90 valence electrons. The van der Waals surface area contributed by atoms with Crippen molar-refractivity contribution in [2.45, 2.75) is 19.9 Å². The van der Waals surface area contributed by atoms with Crippen LogP contribution in [0.5, 0.6) is 5.75 Å². The van der Waals surface area contributed by atoms with Gasteiger partial charge in [-0.25, -0.2) is 0 Å². The van der Waals surface area contributed by atoms with Crippen LogP contribution in [0.3, 0.4) is 0 Å². The molecule has 0 bridgehead atoms. The molecule has 0 N–H and O–H groups in total. The number of methoxy groups -OCH3 is 1. The molecule has 0 saturated carbocycles. The summed E-state index contributed by atoms with van der Waals surface area (Å²) in [6, 6.07) is 8.18. The summed E-state index contributed by atoms with van der Waals surface area (Å²) in [4.78, 5) is 0. The Labute approximate surface area is 115 Å². The fourth-order valence-corrected chi connectivity index (χ4v) is 2.06. The second kappa shape index (κ2) is 5.53. The van der Waals surface area contributed by atoms with Gasteiger partial charge in [-0.15, -0.1) is 0 Å². The van der Waals surface area contributed by atoms with Crippen LogP contribution in [0.15, 0.2) is 30.5 Å². The standard InChI is InChI=1S/C13H15IN2O/c1-10-9-16(15-13(10)14)8-7-11-3-5-12(17-2)6-4-11/h3-6,9H,7-8H2,1-2H3. The lowest BCUT2D eigenvalue weighted by atomic mass is 10.1. The van der Waals surface area contributed by atoms with E-state index in [2.05, 4.69) is 52.9 Å². The smallest absolute Gasteiger partial charge is 0.126 e. The van der Waals surface area contributed by atoms with Crippen LogP contribution in [0.2, 0.25) is 0 Å². The molecule has 0 aliphatic carbocycles. The van der Waals surface area contributed by atoms with E-state index >= 15 is 0 Å². The number of rotatable bonds is 4. The minimum absolute atomic E-state index is 0.901. The molecule has 0 radical (unpaired) electrons. The Bertz CT molecular complexity index is 471. The number of nitrogens with zero attached hydrogens (tertiary/aromatic N) is 2. The molecule has 3 nitrogen and oxygen atoms in total. The molecule has 17 heavy (non-hydrogen) atoms. The average molecular weight is 342 g/mol. The van der Waals surface area contributed by atoms with E-state index < -0.39 is 0 Å². The van der Waals surface area contributed by atoms with Gasteiger partial charge in [-0.1, -0.05) is 12.1 Å². The third-order valence-corrected chi connectivity index (χ3v) is 3.74. The number of benzene rings is 1. The van der Waals surface area contributed by atoms with Crippen molar-refractivity contribution in [3.8, 4) is 5.75 Å². The Morgan fingerprint density at radius 2 is 2.00 bits per heavy atom. The zero-order chi connectivity index (χ0) is 12.3. The summed E-state index contributed by atoms with van der Waals surface area (Å²) >= 11 is 2.26. The lowest BCUT2D eigenvalue weighted by Gasteiger charge is -2.03. The predicted octanol–water partition coefficient (Wildman–Crippen LogP) is 3.05. The zero-order valence-electron chi connectivity index (χ0n) is 9.98. The summed E-state index contributed by atoms with van der Waals surface area (Å²) in [6.45, 7) is 2.99. The minimum Gasteiger partial charge on any atom is -0.497 e. The Kier molecular flexibility index (Phi) is 4.04. The summed E-state index contributed by atoms with van der Waals surface area (Å²) in [5.74, 6) is 0.901. The van der Waals surface area contributed by atoms with Gasteiger partial charge < -0.3 is 4.74 Å². The quantitative estimate of drug-likeness (QED) is 0.799. The maximum absolute atomic E-state index is 5.13. The van der Waals surface area contributed by atoms with Gasteiger partial charge in [0, 0.05) is 18.3 Å². The lowest BCUT2D eigenvalue weighted by molar-refractivity contribution is 0.414. The first-order valence-electron chi connectivity index (χ1n) is 5.51. The maximum atomic E-state index is 5.13. The highest BCUT2D eigenvalue weighted by Gasteiger charge is 2.01. The normalized spacial score (nSPS) is 10.5. The van der Waals surface area contributed by atoms with Crippen molar-refractivity contribution in [3.05, 3.63) is 45.3 Å². The topological polar surface area (TPSA) is 27.1 Å². The summed E-state index contributed by atoms with van der Waals surface area (Å²) in [5, 5.41) is 4.44. The number of aromatic nitrogens is 2. The van der Waals surface area contributed by atoms with Crippen molar-refractivity contribution in [1.29, 1.82) is 0 Å². The largest absolute Gasteiger partial charge is 0.497 e. The molecule has 1 heterocycles. The first-order chi connectivity index (χ1) is 8.19. The van der Waals surface area contributed by atoms with Gasteiger partial charge in [-0.2, -0.15) is 5.10 Å². The monoisotopic (exact) mass is 342 g/mol. The van der Waals surface area contributed by atoms with Crippen LogP contribution in [-0.2, 0) is 13.0 Å². The molecule has 0 fully saturated rings. The van der Waals surface area contributed by atoms with Crippen LogP contribution < -0.4 is 4.74 Å². The van der Waals surface area contributed by atoms with Crippen LogP contribution >= 0.6 is 22.6 Å². The number of aryl methyl sites for hydroxylation is 3. The molecule has 0 aliphatic rings. The number of halogens is 1. The van der Waals surface area contributed by atoms with Gasteiger partial charge in [-0.05, 0) is 53.6 Å². The van der Waals surface area contributed by atoms with E-state index in [1.807, 2.05) is 16.8 Å². The molecular formula is C13H15IN2O. The molecule has 4 heteroatoms. The van der Waals surface area contributed by atoms with Gasteiger partial charge in [-0.3, -0.25) is 4.68 Å². The number of hydrogen-bond acceptors (Lipinski definition) is 2. The Hall–Kier alpha value is -1.04. The summed E-state index contributed by atoms with van der Waals surface area (Å²) in [7, 11) is 1.68. The maximum Gasteiger partial charge on any atom is 0.126 e. The molecule has 0 atom stereocenters. The van der Waals surface area contributed by atoms with Crippen LogP contribution in [0.4, 0.5) is 0 Å².